The van der Waals surface area contributed by atoms with Gasteiger partial charge in [-0.3, -0.25) is 14.9 Å². The van der Waals surface area contributed by atoms with Gasteiger partial charge in [0, 0.05) is 13.6 Å². The number of hydrogen-bond acceptors (Lipinski definition) is 4. The largest absolute Gasteiger partial charge is 0.332 e. The Hall–Kier alpha value is -2.19. The van der Waals surface area contributed by atoms with Gasteiger partial charge in [-0.05, 0) is 47.1 Å². The fourth-order valence-electron chi connectivity index (χ4n) is 2.56. The van der Waals surface area contributed by atoms with Gasteiger partial charge in [-0.2, -0.15) is 0 Å². The minimum atomic E-state index is -0.281. The molecule has 0 aliphatic rings. The highest BCUT2D eigenvalue weighted by Crippen LogP contribution is 2.23. The number of carbonyl (C=O) groups is 2. The van der Waals surface area contributed by atoms with Crippen LogP contribution in [-0.2, 0) is 11.3 Å². The second-order valence-electron chi connectivity index (χ2n) is 5.48. The molecule has 0 saturated heterocycles. The smallest absolute Gasteiger partial charge is 0.264 e. The van der Waals surface area contributed by atoms with Gasteiger partial charge in [0.05, 0.1) is 26.2 Å². The molecule has 0 aliphatic heterocycles. The number of anilines is 1. The van der Waals surface area contributed by atoms with Crippen LogP contribution in [0.25, 0.3) is 11.0 Å². The van der Waals surface area contributed by atoms with E-state index in [4.69, 9.17) is 0 Å². The van der Waals surface area contributed by atoms with E-state index in [1.807, 2.05) is 41.8 Å². The Balaban J connectivity index is 1.71. The van der Waals surface area contributed by atoms with Crippen molar-refractivity contribution in [1.82, 2.24) is 14.5 Å². The van der Waals surface area contributed by atoms with E-state index in [9.17, 15) is 9.59 Å². The average molecular weight is 421 g/mol. The molecule has 0 bridgehead atoms. The predicted molar refractivity (Wildman–Crippen MR) is 103 cm³/mol. The number of halogens is 1. The number of para-hydroxylation sites is 2. The topological polar surface area (TPSA) is 67.2 Å². The molecule has 3 aromatic rings. The van der Waals surface area contributed by atoms with Crippen LogP contribution in [0.1, 0.15) is 16.6 Å². The fraction of sp³-hybridized carbons (Fsp3) is 0.235. The Bertz CT molecular complexity index is 934. The third kappa shape index (κ3) is 3.74. The SMILES string of the molecule is CCn1c(NC(=O)CN(C)C(=O)c2ccc(Br)s2)nc2ccccc21. The molecule has 0 aliphatic carbocycles. The molecule has 25 heavy (non-hydrogen) atoms. The Kier molecular flexibility index (Phi) is 5.19. The summed E-state index contributed by atoms with van der Waals surface area (Å²) in [6, 6.07) is 11.3. The van der Waals surface area contributed by atoms with Crippen LogP contribution in [0.15, 0.2) is 40.2 Å². The molecule has 6 nitrogen and oxygen atoms in total. The molecule has 1 aromatic carbocycles. The van der Waals surface area contributed by atoms with Crippen molar-refractivity contribution in [1.29, 1.82) is 0 Å². The van der Waals surface area contributed by atoms with Gasteiger partial charge < -0.3 is 9.47 Å². The summed E-state index contributed by atoms with van der Waals surface area (Å²) in [5.41, 5.74) is 1.79. The lowest BCUT2D eigenvalue weighted by atomic mass is 10.3. The molecule has 0 unspecified atom stereocenters. The summed E-state index contributed by atoms with van der Waals surface area (Å²) in [4.78, 5) is 31.1. The van der Waals surface area contributed by atoms with Crippen molar-refractivity contribution in [3.05, 3.63) is 45.1 Å². The first-order valence-corrected chi connectivity index (χ1v) is 9.36. The number of aromatic nitrogens is 2. The van der Waals surface area contributed by atoms with Gasteiger partial charge in [0.1, 0.15) is 0 Å². The Morgan fingerprint density at radius 3 is 2.72 bits per heavy atom. The van der Waals surface area contributed by atoms with Crippen molar-refractivity contribution in [2.45, 2.75) is 13.5 Å². The molecule has 2 amide bonds. The summed E-state index contributed by atoms with van der Waals surface area (Å²) in [6.45, 7) is 2.64. The van der Waals surface area contributed by atoms with E-state index >= 15 is 0 Å². The number of benzene rings is 1. The maximum Gasteiger partial charge on any atom is 0.264 e. The number of imidazole rings is 1. The maximum absolute atomic E-state index is 12.3. The van der Waals surface area contributed by atoms with Crippen LogP contribution in [0.2, 0.25) is 0 Å². The van der Waals surface area contributed by atoms with Gasteiger partial charge in [0.2, 0.25) is 11.9 Å². The molecule has 2 heterocycles. The van der Waals surface area contributed by atoms with E-state index in [-0.39, 0.29) is 18.4 Å². The van der Waals surface area contributed by atoms with E-state index < -0.39 is 0 Å². The molecule has 0 spiro atoms. The van der Waals surface area contributed by atoms with E-state index in [1.54, 1.807) is 13.1 Å². The van der Waals surface area contributed by atoms with Gasteiger partial charge in [-0.1, -0.05) is 12.1 Å². The molecular weight excluding hydrogens is 404 g/mol. The number of aryl methyl sites for hydroxylation is 1. The maximum atomic E-state index is 12.3. The van der Waals surface area contributed by atoms with Crippen LogP contribution in [0.4, 0.5) is 5.95 Å². The summed E-state index contributed by atoms with van der Waals surface area (Å²) in [5.74, 6) is 0.0275. The molecule has 0 saturated carbocycles. The van der Waals surface area contributed by atoms with E-state index in [0.717, 1.165) is 14.8 Å². The van der Waals surface area contributed by atoms with Gasteiger partial charge in [-0.25, -0.2) is 4.98 Å². The second-order valence-corrected chi connectivity index (χ2v) is 7.94. The Morgan fingerprint density at radius 1 is 1.28 bits per heavy atom. The molecule has 2 aromatic heterocycles. The summed E-state index contributed by atoms with van der Waals surface area (Å²) in [5, 5.41) is 2.81. The van der Waals surface area contributed by atoms with Crippen molar-refractivity contribution in [3.8, 4) is 0 Å². The molecule has 1 N–H and O–H groups in total. The van der Waals surface area contributed by atoms with Crippen molar-refractivity contribution in [3.63, 3.8) is 0 Å². The highest BCUT2D eigenvalue weighted by molar-refractivity contribution is 9.11. The van der Waals surface area contributed by atoms with E-state index in [0.29, 0.717) is 17.4 Å². The van der Waals surface area contributed by atoms with Crippen LogP contribution in [0.3, 0.4) is 0 Å². The molecule has 0 atom stereocenters. The fourth-order valence-corrected chi connectivity index (χ4v) is 3.94. The second kappa shape index (κ2) is 7.37. The zero-order valence-corrected chi connectivity index (χ0v) is 16.2. The Morgan fingerprint density at radius 2 is 2.04 bits per heavy atom. The van der Waals surface area contributed by atoms with Crippen molar-refractivity contribution in [2.75, 3.05) is 18.9 Å². The monoisotopic (exact) mass is 420 g/mol. The zero-order valence-electron chi connectivity index (χ0n) is 13.8. The molecular formula is C17H17BrN4O2S. The van der Waals surface area contributed by atoms with Crippen molar-refractivity contribution in [2.24, 2.45) is 0 Å². The predicted octanol–water partition coefficient (Wildman–Crippen LogP) is 3.59. The highest BCUT2D eigenvalue weighted by Gasteiger charge is 2.18. The van der Waals surface area contributed by atoms with Crippen molar-refractivity contribution >= 4 is 56.1 Å². The van der Waals surface area contributed by atoms with Crippen LogP contribution >= 0.6 is 27.3 Å². The summed E-state index contributed by atoms with van der Waals surface area (Å²) in [6.07, 6.45) is 0. The number of carbonyl (C=O) groups excluding carboxylic acids is 2. The van der Waals surface area contributed by atoms with Crippen LogP contribution in [0, 0.1) is 0 Å². The molecule has 130 valence electrons. The van der Waals surface area contributed by atoms with Crippen LogP contribution in [0.5, 0.6) is 0 Å². The number of nitrogens with zero attached hydrogens (tertiary/aromatic N) is 3. The third-order valence-corrected chi connectivity index (χ3v) is 5.35. The minimum Gasteiger partial charge on any atom is -0.332 e. The van der Waals surface area contributed by atoms with Gasteiger partial charge in [0.25, 0.3) is 5.91 Å². The first-order valence-electron chi connectivity index (χ1n) is 7.75. The lowest BCUT2D eigenvalue weighted by Crippen LogP contribution is -2.35. The quantitative estimate of drug-likeness (QED) is 0.685. The number of rotatable bonds is 5. The van der Waals surface area contributed by atoms with E-state index in [1.165, 1.54) is 16.2 Å². The molecule has 3 rings (SSSR count). The zero-order chi connectivity index (χ0) is 18.0. The average Bonchev–Trinajstić information content (AvgIpc) is 3.16. The number of nitrogens with one attached hydrogen (secondary N) is 1. The van der Waals surface area contributed by atoms with Gasteiger partial charge in [-0.15, -0.1) is 11.3 Å². The number of hydrogen-bond donors (Lipinski definition) is 1. The first-order chi connectivity index (χ1) is 12.0. The summed E-state index contributed by atoms with van der Waals surface area (Å²) < 4.78 is 2.82. The minimum absolute atomic E-state index is 0.0404. The van der Waals surface area contributed by atoms with Gasteiger partial charge in [0.15, 0.2) is 0 Å². The Labute approximate surface area is 157 Å². The van der Waals surface area contributed by atoms with Crippen LogP contribution < -0.4 is 5.32 Å². The first kappa shape index (κ1) is 17.6. The highest BCUT2D eigenvalue weighted by atomic mass is 79.9. The molecule has 8 heteroatoms. The van der Waals surface area contributed by atoms with Gasteiger partial charge >= 0.3 is 0 Å². The lowest BCUT2D eigenvalue weighted by molar-refractivity contribution is -0.116. The standard InChI is InChI=1S/C17H17BrN4O2S/c1-3-22-12-7-5-4-6-11(12)19-17(22)20-15(23)10-21(2)16(24)13-8-9-14(18)25-13/h4-9H,3,10H2,1-2H3,(H,19,20,23). The normalized spacial score (nSPS) is 10.8. The van der Waals surface area contributed by atoms with Crippen molar-refractivity contribution < 1.29 is 9.59 Å². The number of likely N-dealkylation sites (N-methyl/N-ethyl adjacent to an activating group) is 1. The summed E-state index contributed by atoms with van der Waals surface area (Å²) in [7, 11) is 1.61. The molecule has 0 fully saturated rings. The number of thiophene rings is 1. The van der Waals surface area contributed by atoms with Crippen LogP contribution in [-0.4, -0.2) is 39.9 Å². The third-order valence-electron chi connectivity index (χ3n) is 3.73. The van der Waals surface area contributed by atoms with E-state index in [2.05, 4.69) is 26.2 Å². The number of fused-ring (bicyclic) bond motifs is 1. The number of amides is 2. The lowest BCUT2D eigenvalue weighted by Gasteiger charge is -2.16. The molecule has 0 radical (unpaired) electrons. The summed E-state index contributed by atoms with van der Waals surface area (Å²) >= 11 is 4.68.